The smallest absolute Gasteiger partial charge is 0.254 e. The molecule has 2 aromatic carbocycles. The van der Waals surface area contributed by atoms with Crippen LogP contribution in [0, 0.1) is 5.82 Å². The Labute approximate surface area is 190 Å². The Balaban J connectivity index is 1.69. The fourth-order valence-electron chi connectivity index (χ4n) is 3.79. The Morgan fingerprint density at radius 2 is 2.00 bits per heavy atom. The van der Waals surface area contributed by atoms with Crippen molar-refractivity contribution >= 4 is 16.8 Å². The van der Waals surface area contributed by atoms with Crippen molar-refractivity contribution < 1.29 is 23.2 Å². The molecule has 172 valence electrons. The van der Waals surface area contributed by atoms with Gasteiger partial charge in [0.2, 0.25) is 5.91 Å². The number of aromatic nitrogens is 2. The average Bonchev–Trinajstić information content (AvgIpc) is 3.41. The molecule has 4 rings (SSSR count). The molecule has 1 unspecified atom stereocenters. The van der Waals surface area contributed by atoms with Crippen molar-refractivity contribution in [1.29, 1.82) is 0 Å². The monoisotopic (exact) mass is 451 g/mol. The molecular formula is C25H26FN3O4. The third-order valence-corrected chi connectivity index (χ3v) is 5.30. The molecule has 0 bridgehead atoms. The molecule has 0 aliphatic carbocycles. The zero-order chi connectivity index (χ0) is 23.5. The fraction of sp³-hybridized carbons (Fsp3) is 0.280. The van der Waals surface area contributed by atoms with Gasteiger partial charge in [-0.25, -0.2) is 4.39 Å². The van der Waals surface area contributed by atoms with Gasteiger partial charge in [-0.05, 0) is 61.8 Å². The third-order valence-electron chi connectivity index (χ3n) is 5.30. The number of nitrogens with zero attached hydrogens (tertiary/aromatic N) is 1. The van der Waals surface area contributed by atoms with E-state index in [1.807, 2.05) is 38.1 Å². The summed E-state index contributed by atoms with van der Waals surface area (Å²) in [5, 5.41) is 7.25. The summed E-state index contributed by atoms with van der Waals surface area (Å²) in [6.07, 6.45) is 0.0240. The highest BCUT2D eigenvalue weighted by Gasteiger charge is 2.25. The van der Waals surface area contributed by atoms with E-state index in [9.17, 15) is 9.18 Å². The zero-order valence-corrected chi connectivity index (χ0v) is 18.9. The summed E-state index contributed by atoms with van der Waals surface area (Å²) < 4.78 is 30.1. The van der Waals surface area contributed by atoms with Crippen LogP contribution in [0.15, 0.2) is 53.1 Å². The Morgan fingerprint density at radius 1 is 1.18 bits per heavy atom. The molecule has 1 amide bonds. The highest BCUT2D eigenvalue weighted by atomic mass is 19.1. The lowest BCUT2D eigenvalue weighted by molar-refractivity contribution is -0.122. The Kier molecular flexibility index (Phi) is 6.35. The van der Waals surface area contributed by atoms with Crippen molar-refractivity contribution in [3.63, 3.8) is 0 Å². The topological polar surface area (TPSA) is 89.4 Å². The molecule has 2 aromatic heterocycles. The van der Waals surface area contributed by atoms with Crippen LogP contribution in [0.2, 0.25) is 0 Å². The molecule has 2 heterocycles. The van der Waals surface area contributed by atoms with E-state index in [0.717, 1.165) is 22.5 Å². The lowest BCUT2D eigenvalue weighted by Gasteiger charge is -2.15. The van der Waals surface area contributed by atoms with Gasteiger partial charge >= 0.3 is 0 Å². The molecule has 0 spiro atoms. The predicted octanol–water partition coefficient (Wildman–Crippen LogP) is 5.18. The zero-order valence-electron chi connectivity index (χ0n) is 18.9. The van der Waals surface area contributed by atoms with Gasteiger partial charge in [0.25, 0.3) is 5.88 Å². The van der Waals surface area contributed by atoms with E-state index in [1.54, 1.807) is 19.1 Å². The number of amides is 1. The maximum atomic E-state index is 14.1. The van der Waals surface area contributed by atoms with E-state index >= 15 is 0 Å². The van der Waals surface area contributed by atoms with Gasteiger partial charge in [0.15, 0.2) is 5.76 Å². The first-order chi connectivity index (χ1) is 15.9. The molecule has 33 heavy (non-hydrogen) atoms. The molecular weight excluding hydrogens is 425 g/mol. The summed E-state index contributed by atoms with van der Waals surface area (Å²) in [5.41, 5.74) is 3.04. The number of halogens is 1. The molecule has 4 aromatic rings. The summed E-state index contributed by atoms with van der Waals surface area (Å²) in [6.45, 7) is 5.87. The summed E-state index contributed by atoms with van der Waals surface area (Å²) in [6, 6.07) is 13.8. The van der Waals surface area contributed by atoms with E-state index in [0.29, 0.717) is 22.6 Å². The summed E-state index contributed by atoms with van der Waals surface area (Å²) in [7, 11) is 1.49. The summed E-state index contributed by atoms with van der Waals surface area (Å²) >= 11 is 0. The van der Waals surface area contributed by atoms with E-state index in [1.165, 1.54) is 19.2 Å². The Bertz CT molecular complexity index is 1280. The second kappa shape index (κ2) is 9.36. The molecule has 0 aliphatic rings. The van der Waals surface area contributed by atoms with Gasteiger partial charge in [-0.2, -0.15) is 0 Å². The number of methoxy groups -OCH3 is 1. The average molecular weight is 451 g/mol. The maximum Gasteiger partial charge on any atom is 0.254 e. The van der Waals surface area contributed by atoms with E-state index in [2.05, 4.69) is 15.5 Å². The summed E-state index contributed by atoms with van der Waals surface area (Å²) in [5.74, 6) is 0.352. The van der Waals surface area contributed by atoms with Crippen LogP contribution in [-0.4, -0.2) is 29.3 Å². The van der Waals surface area contributed by atoms with Crippen LogP contribution < -0.4 is 14.8 Å². The molecule has 0 saturated carbocycles. The fourth-order valence-corrected chi connectivity index (χ4v) is 3.79. The lowest BCUT2D eigenvalue weighted by Crippen LogP contribution is -2.27. The first-order valence-electron chi connectivity index (χ1n) is 10.7. The number of carbonyl (C=O) groups excluding carboxylic acids is 1. The molecule has 0 radical (unpaired) electrons. The number of hydrogen-bond donors (Lipinski definition) is 2. The Morgan fingerprint density at radius 3 is 2.73 bits per heavy atom. The third kappa shape index (κ3) is 4.84. The van der Waals surface area contributed by atoms with Crippen LogP contribution in [0.5, 0.6) is 11.6 Å². The molecule has 7 nitrogen and oxygen atoms in total. The van der Waals surface area contributed by atoms with Gasteiger partial charge in [0, 0.05) is 22.5 Å². The quantitative estimate of drug-likeness (QED) is 0.385. The number of H-pyrrole nitrogens is 1. The minimum Gasteiger partial charge on any atom is -0.491 e. The minimum atomic E-state index is -0.574. The van der Waals surface area contributed by atoms with Gasteiger partial charge in [0.05, 0.1) is 31.4 Å². The van der Waals surface area contributed by atoms with E-state index in [-0.39, 0.29) is 24.4 Å². The number of aromatic amines is 1. The van der Waals surface area contributed by atoms with Crippen LogP contribution in [-0.2, 0) is 11.3 Å². The highest BCUT2D eigenvalue weighted by molar-refractivity contribution is 5.97. The number of ether oxygens (including phenoxy) is 2. The highest BCUT2D eigenvalue weighted by Crippen LogP contribution is 2.37. The first-order valence-corrected chi connectivity index (χ1v) is 10.7. The van der Waals surface area contributed by atoms with Crippen LogP contribution in [0.25, 0.3) is 22.2 Å². The van der Waals surface area contributed by atoms with Crippen molar-refractivity contribution in [3.8, 4) is 22.9 Å². The van der Waals surface area contributed by atoms with Crippen LogP contribution >= 0.6 is 0 Å². The number of fused-ring (bicyclic) bond motifs is 1. The lowest BCUT2D eigenvalue weighted by atomic mass is 9.93. The molecule has 1 atom stereocenters. The number of carbonyl (C=O) groups is 1. The first kappa shape index (κ1) is 22.4. The van der Waals surface area contributed by atoms with Crippen LogP contribution in [0.3, 0.4) is 0 Å². The number of hydrogen-bond acceptors (Lipinski definition) is 5. The van der Waals surface area contributed by atoms with Crippen molar-refractivity contribution in [2.75, 3.05) is 7.11 Å². The van der Waals surface area contributed by atoms with E-state index in [4.69, 9.17) is 14.0 Å². The van der Waals surface area contributed by atoms with Crippen molar-refractivity contribution in [2.45, 2.75) is 39.3 Å². The standard InChI is InChI=1S/C25H26FN3O4/c1-14(2)32-18-7-5-6-16(10-18)24-23(20-11-17(26)8-9-21(20)28-24)15(3)25(30)27-13-19-12-22(31-4)29-33-19/h5-12,14-15,28H,13H2,1-4H3,(H,27,30). The second-order valence-corrected chi connectivity index (χ2v) is 8.07. The van der Waals surface area contributed by atoms with Crippen molar-refractivity contribution in [3.05, 3.63) is 65.7 Å². The SMILES string of the molecule is COc1cc(CNC(=O)C(C)c2c(-c3cccc(OC(C)C)c3)[nH]c3ccc(F)cc23)on1. The molecule has 0 saturated heterocycles. The number of benzene rings is 2. The summed E-state index contributed by atoms with van der Waals surface area (Å²) in [4.78, 5) is 16.4. The molecule has 2 N–H and O–H groups in total. The van der Waals surface area contributed by atoms with Crippen LogP contribution in [0.4, 0.5) is 4.39 Å². The number of rotatable bonds is 8. The molecule has 0 aliphatic heterocycles. The predicted molar refractivity (Wildman–Crippen MR) is 123 cm³/mol. The van der Waals surface area contributed by atoms with Crippen molar-refractivity contribution in [1.82, 2.24) is 15.5 Å². The second-order valence-electron chi connectivity index (χ2n) is 8.07. The normalized spacial score (nSPS) is 12.2. The van der Waals surface area contributed by atoms with Gasteiger partial charge in [0.1, 0.15) is 11.6 Å². The van der Waals surface area contributed by atoms with Gasteiger partial charge in [-0.15, -0.1) is 0 Å². The van der Waals surface area contributed by atoms with Gasteiger partial charge in [-0.1, -0.05) is 12.1 Å². The molecule has 8 heteroatoms. The maximum absolute atomic E-state index is 14.1. The van der Waals surface area contributed by atoms with Gasteiger partial charge in [-0.3, -0.25) is 4.79 Å². The van der Waals surface area contributed by atoms with Crippen molar-refractivity contribution in [2.24, 2.45) is 0 Å². The minimum absolute atomic E-state index is 0.0240. The largest absolute Gasteiger partial charge is 0.491 e. The van der Waals surface area contributed by atoms with Crippen LogP contribution in [0.1, 0.15) is 38.0 Å². The Hall–Kier alpha value is -3.81. The van der Waals surface area contributed by atoms with Gasteiger partial charge < -0.3 is 24.3 Å². The molecule has 0 fully saturated rings. The number of nitrogens with one attached hydrogen (secondary N) is 2. The van der Waals surface area contributed by atoms with E-state index < -0.39 is 5.92 Å².